The molecule has 1 rings (SSSR count). The first-order valence-electron chi connectivity index (χ1n) is 2.21. The molecular weight excluding hydrogens is 135 g/mol. The number of nitrogens with two attached hydrogens (primary N) is 1. The summed E-state index contributed by atoms with van der Waals surface area (Å²) in [6, 6.07) is 0. The van der Waals surface area contributed by atoms with Crippen molar-refractivity contribution in [1.82, 2.24) is 4.98 Å². The molecular formula is C4H3BN2OS. The first-order chi connectivity index (χ1) is 4.20. The Morgan fingerprint density at radius 3 is 2.78 bits per heavy atom. The van der Waals surface area contributed by atoms with Gasteiger partial charge in [0.05, 0.1) is 0 Å². The molecule has 5 heteroatoms. The predicted octanol–water partition coefficient (Wildman–Crippen LogP) is -0.964. The van der Waals surface area contributed by atoms with Crippen LogP contribution in [0.25, 0.3) is 0 Å². The van der Waals surface area contributed by atoms with Gasteiger partial charge in [0.1, 0.15) is 7.85 Å². The minimum atomic E-state index is -0.531. The lowest BCUT2D eigenvalue weighted by atomic mass is 10.1. The highest BCUT2D eigenvalue weighted by Crippen LogP contribution is 1.97. The van der Waals surface area contributed by atoms with E-state index in [-0.39, 0.29) is 5.01 Å². The van der Waals surface area contributed by atoms with Crippen molar-refractivity contribution in [3.05, 3.63) is 11.2 Å². The van der Waals surface area contributed by atoms with Crippen LogP contribution in [0.5, 0.6) is 0 Å². The van der Waals surface area contributed by atoms with Crippen LogP contribution in [-0.4, -0.2) is 18.7 Å². The molecule has 2 radical (unpaired) electrons. The Morgan fingerprint density at radius 2 is 2.56 bits per heavy atom. The van der Waals surface area contributed by atoms with E-state index in [0.717, 1.165) is 11.3 Å². The molecule has 0 saturated heterocycles. The molecule has 2 N–H and O–H groups in total. The largest absolute Gasteiger partial charge is 0.364 e. The van der Waals surface area contributed by atoms with Crippen molar-refractivity contribution in [2.24, 2.45) is 5.73 Å². The second kappa shape index (κ2) is 2.18. The first kappa shape index (κ1) is 6.29. The highest BCUT2D eigenvalue weighted by molar-refractivity contribution is 7.21. The van der Waals surface area contributed by atoms with Crippen molar-refractivity contribution >= 4 is 29.9 Å². The molecule has 1 heterocycles. The van der Waals surface area contributed by atoms with E-state index in [0.29, 0.717) is 4.78 Å². The lowest BCUT2D eigenvalue weighted by molar-refractivity contribution is 0.1000. The summed E-state index contributed by atoms with van der Waals surface area (Å²) < 4.78 is 0.504. The van der Waals surface area contributed by atoms with Crippen molar-refractivity contribution < 1.29 is 4.79 Å². The second-order valence-corrected chi connectivity index (χ2v) is 2.49. The third-order valence-electron chi connectivity index (χ3n) is 0.734. The highest BCUT2D eigenvalue weighted by Gasteiger charge is 2.02. The maximum atomic E-state index is 10.3. The number of aromatic nitrogens is 1. The zero-order chi connectivity index (χ0) is 6.85. The topological polar surface area (TPSA) is 56.0 Å². The van der Waals surface area contributed by atoms with Crippen molar-refractivity contribution in [1.29, 1.82) is 0 Å². The van der Waals surface area contributed by atoms with Crippen molar-refractivity contribution in [2.45, 2.75) is 0 Å². The van der Waals surface area contributed by atoms with Gasteiger partial charge in [0.25, 0.3) is 5.91 Å². The van der Waals surface area contributed by atoms with E-state index in [1.165, 1.54) is 6.20 Å². The minimum Gasteiger partial charge on any atom is -0.364 e. The average Bonchev–Trinajstić information content (AvgIpc) is 2.14. The zero-order valence-corrected chi connectivity index (χ0v) is 5.31. The molecule has 0 aliphatic heterocycles. The molecule has 0 spiro atoms. The van der Waals surface area contributed by atoms with Crippen LogP contribution >= 0.6 is 11.3 Å². The van der Waals surface area contributed by atoms with Gasteiger partial charge in [-0.05, 0) is 4.78 Å². The fourth-order valence-electron chi connectivity index (χ4n) is 0.400. The van der Waals surface area contributed by atoms with Crippen LogP contribution in [0.3, 0.4) is 0 Å². The smallest absolute Gasteiger partial charge is 0.277 e. The predicted molar refractivity (Wildman–Crippen MR) is 36.0 cm³/mol. The number of nitrogens with zero attached hydrogens (tertiary/aromatic N) is 1. The lowest BCUT2D eigenvalue weighted by Crippen LogP contribution is -2.09. The van der Waals surface area contributed by atoms with Crippen LogP contribution in [0, 0.1) is 0 Å². The number of rotatable bonds is 1. The standard InChI is InChI=1S/C4H3BN2OS/c5-2-1-7-4(9-2)3(6)8/h1H,(H2,6,8). The summed E-state index contributed by atoms with van der Waals surface area (Å²) in [5.41, 5.74) is 4.88. The molecule has 0 unspecified atom stereocenters. The van der Waals surface area contributed by atoms with Crippen LogP contribution in [0.2, 0.25) is 0 Å². The van der Waals surface area contributed by atoms with Gasteiger partial charge in [0, 0.05) is 6.20 Å². The van der Waals surface area contributed by atoms with Gasteiger partial charge < -0.3 is 5.73 Å². The number of amides is 1. The van der Waals surface area contributed by atoms with Gasteiger partial charge in [0.15, 0.2) is 5.01 Å². The molecule has 1 aromatic rings. The Balaban J connectivity index is 2.98. The number of thiazole rings is 1. The van der Waals surface area contributed by atoms with Crippen LogP contribution in [-0.2, 0) is 0 Å². The van der Waals surface area contributed by atoms with Gasteiger partial charge >= 0.3 is 0 Å². The van der Waals surface area contributed by atoms with Gasteiger partial charge in [0.2, 0.25) is 0 Å². The summed E-state index contributed by atoms with van der Waals surface area (Å²) >= 11 is 1.09. The molecule has 0 bridgehead atoms. The van der Waals surface area contributed by atoms with Gasteiger partial charge in [-0.1, -0.05) is 0 Å². The molecule has 0 aliphatic carbocycles. The zero-order valence-electron chi connectivity index (χ0n) is 4.50. The minimum absolute atomic E-state index is 0.257. The Morgan fingerprint density at radius 1 is 1.89 bits per heavy atom. The van der Waals surface area contributed by atoms with Gasteiger partial charge in [-0.15, -0.1) is 11.3 Å². The van der Waals surface area contributed by atoms with Crippen LogP contribution < -0.4 is 10.5 Å². The van der Waals surface area contributed by atoms with Gasteiger partial charge in [-0.25, -0.2) is 4.98 Å². The average molecular weight is 138 g/mol. The van der Waals surface area contributed by atoms with Crippen molar-refractivity contribution in [3.63, 3.8) is 0 Å². The van der Waals surface area contributed by atoms with E-state index in [1.54, 1.807) is 0 Å². The maximum Gasteiger partial charge on any atom is 0.277 e. The van der Waals surface area contributed by atoms with E-state index in [9.17, 15) is 4.79 Å². The molecule has 1 amide bonds. The number of carbonyl (C=O) groups is 1. The summed E-state index contributed by atoms with van der Waals surface area (Å²) in [5.74, 6) is -0.531. The monoisotopic (exact) mass is 138 g/mol. The molecule has 0 aromatic carbocycles. The first-order valence-corrected chi connectivity index (χ1v) is 3.03. The SMILES string of the molecule is [B]c1cnc(C(N)=O)s1. The molecule has 3 nitrogen and oxygen atoms in total. The Bertz CT molecular complexity index is 234. The summed E-state index contributed by atoms with van der Waals surface area (Å²) in [7, 11) is 5.26. The summed E-state index contributed by atoms with van der Waals surface area (Å²) in [5, 5.41) is 0.257. The molecule has 0 saturated carbocycles. The van der Waals surface area contributed by atoms with Crippen molar-refractivity contribution in [3.8, 4) is 0 Å². The van der Waals surface area contributed by atoms with Crippen LogP contribution in [0.15, 0.2) is 6.20 Å². The summed E-state index contributed by atoms with van der Waals surface area (Å²) in [6.07, 6.45) is 1.41. The third-order valence-corrected chi connectivity index (χ3v) is 1.58. The third kappa shape index (κ3) is 1.29. The number of hydrogen-bond acceptors (Lipinski definition) is 3. The molecule has 0 atom stereocenters. The second-order valence-electron chi connectivity index (χ2n) is 1.43. The quantitative estimate of drug-likeness (QED) is 0.508. The summed E-state index contributed by atoms with van der Waals surface area (Å²) in [4.78, 5) is 14.0. The Hall–Kier alpha value is -0.835. The van der Waals surface area contributed by atoms with Crippen molar-refractivity contribution in [2.75, 3.05) is 0 Å². The normalized spacial score (nSPS) is 9.33. The highest BCUT2D eigenvalue weighted by atomic mass is 32.1. The fraction of sp³-hybridized carbons (Fsp3) is 0. The Labute approximate surface area is 57.3 Å². The molecule has 0 aliphatic rings. The van der Waals surface area contributed by atoms with E-state index in [4.69, 9.17) is 13.6 Å². The Kier molecular flexibility index (Phi) is 1.53. The molecule has 0 fully saturated rings. The van der Waals surface area contributed by atoms with Gasteiger partial charge in [-0.2, -0.15) is 0 Å². The van der Waals surface area contributed by atoms with E-state index in [1.807, 2.05) is 0 Å². The lowest BCUT2D eigenvalue weighted by Gasteiger charge is -1.79. The van der Waals surface area contributed by atoms with E-state index >= 15 is 0 Å². The fourth-order valence-corrected chi connectivity index (χ4v) is 0.935. The number of carbonyl (C=O) groups excluding carboxylic acids is 1. The van der Waals surface area contributed by atoms with Crippen LogP contribution in [0.1, 0.15) is 9.80 Å². The van der Waals surface area contributed by atoms with E-state index in [2.05, 4.69) is 4.98 Å². The number of primary amides is 1. The van der Waals surface area contributed by atoms with Gasteiger partial charge in [-0.3, -0.25) is 4.79 Å². The maximum absolute atomic E-state index is 10.3. The molecule has 44 valence electrons. The summed E-state index contributed by atoms with van der Waals surface area (Å²) in [6.45, 7) is 0. The van der Waals surface area contributed by atoms with Crippen LogP contribution in [0.4, 0.5) is 0 Å². The van der Waals surface area contributed by atoms with E-state index < -0.39 is 5.91 Å². The molecule has 9 heavy (non-hydrogen) atoms. The molecule has 1 aromatic heterocycles. The number of hydrogen-bond donors (Lipinski definition) is 1.